The molecule has 0 spiro atoms. The highest BCUT2D eigenvalue weighted by Crippen LogP contribution is 2.38. The molecule has 1 N–H and O–H groups in total. The minimum Gasteiger partial charge on any atom is -0.486 e. The monoisotopic (exact) mass is 316 g/mol. The van der Waals surface area contributed by atoms with Crippen LogP contribution in [0.4, 0.5) is 0 Å². The number of hydrogen-bond acceptors (Lipinski definition) is 5. The van der Waals surface area contributed by atoms with Gasteiger partial charge in [-0.05, 0) is 44.5 Å². The summed E-state index contributed by atoms with van der Waals surface area (Å²) in [6, 6.07) is 6.13. The minimum atomic E-state index is 0.559. The maximum Gasteiger partial charge on any atom is 0.162 e. The van der Waals surface area contributed by atoms with Crippen LogP contribution in [0.3, 0.4) is 0 Å². The summed E-state index contributed by atoms with van der Waals surface area (Å²) >= 11 is 1.83. The van der Waals surface area contributed by atoms with Crippen molar-refractivity contribution in [2.45, 2.75) is 25.7 Å². The van der Waals surface area contributed by atoms with Gasteiger partial charge in [-0.15, -0.1) is 11.3 Å². The molecule has 22 heavy (non-hydrogen) atoms. The van der Waals surface area contributed by atoms with Gasteiger partial charge in [0.1, 0.15) is 13.2 Å². The maximum absolute atomic E-state index is 5.69. The van der Waals surface area contributed by atoms with Crippen molar-refractivity contribution in [1.82, 2.24) is 10.3 Å². The number of aromatic nitrogens is 1. The van der Waals surface area contributed by atoms with E-state index in [4.69, 9.17) is 14.5 Å². The zero-order chi connectivity index (χ0) is 14.9. The van der Waals surface area contributed by atoms with E-state index in [9.17, 15) is 0 Å². The molecule has 1 saturated heterocycles. The van der Waals surface area contributed by atoms with Crippen LogP contribution in [-0.2, 0) is 0 Å². The SMILES string of the molecule is Cc1sc(C2CCCNC2)nc1-c1ccc2c(c1)OCCO2. The third-order valence-electron chi connectivity index (χ3n) is 4.27. The molecular weight excluding hydrogens is 296 g/mol. The topological polar surface area (TPSA) is 43.4 Å². The molecule has 2 aromatic rings. The molecule has 0 bridgehead atoms. The van der Waals surface area contributed by atoms with Gasteiger partial charge in [-0.25, -0.2) is 4.98 Å². The third-order valence-corrected chi connectivity index (χ3v) is 5.41. The van der Waals surface area contributed by atoms with Crippen LogP contribution in [0.25, 0.3) is 11.3 Å². The Labute approximate surface area is 134 Å². The first-order valence-corrected chi connectivity index (χ1v) is 8.71. The van der Waals surface area contributed by atoms with Crippen LogP contribution in [0.2, 0.25) is 0 Å². The second-order valence-electron chi connectivity index (χ2n) is 5.86. The molecule has 1 atom stereocenters. The Kier molecular flexibility index (Phi) is 3.76. The molecule has 2 aliphatic heterocycles. The van der Waals surface area contributed by atoms with Crippen LogP contribution < -0.4 is 14.8 Å². The van der Waals surface area contributed by atoms with Crippen LogP contribution in [0, 0.1) is 6.92 Å². The lowest BCUT2D eigenvalue weighted by Gasteiger charge is -2.20. The Morgan fingerprint density at radius 3 is 2.91 bits per heavy atom. The van der Waals surface area contributed by atoms with Crippen LogP contribution in [-0.4, -0.2) is 31.3 Å². The van der Waals surface area contributed by atoms with Crippen LogP contribution >= 0.6 is 11.3 Å². The van der Waals surface area contributed by atoms with Crippen molar-refractivity contribution in [2.24, 2.45) is 0 Å². The lowest BCUT2D eigenvalue weighted by Crippen LogP contribution is -2.28. The smallest absolute Gasteiger partial charge is 0.162 e. The number of benzene rings is 1. The van der Waals surface area contributed by atoms with Gasteiger partial charge in [0.05, 0.1) is 10.7 Å². The zero-order valence-electron chi connectivity index (χ0n) is 12.7. The van der Waals surface area contributed by atoms with Crippen molar-refractivity contribution in [1.29, 1.82) is 0 Å². The van der Waals surface area contributed by atoms with Crippen LogP contribution in [0.1, 0.15) is 28.6 Å². The van der Waals surface area contributed by atoms with Crippen LogP contribution in [0.15, 0.2) is 18.2 Å². The molecule has 1 aromatic heterocycles. The largest absolute Gasteiger partial charge is 0.486 e. The van der Waals surface area contributed by atoms with E-state index < -0.39 is 0 Å². The Morgan fingerprint density at radius 2 is 2.09 bits per heavy atom. The minimum absolute atomic E-state index is 0.559. The highest BCUT2D eigenvalue weighted by molar-refractivity contribution is 7.12. The molecular formula is C17H20N2O2S. The fourth-order valence-electron chi connectivity index (χ4n) is 3.11. The summed E-state index contributed by atoms with van der Waals surface area (Å²) in [5, 5.41) is 4.73. The van der Waals surface area contributed by atoms with Gasteiger partial charge < -0.3 is 14.8 Å². The fourth-order valence-corrected chi connectivity index (χ4v) is 4.19. The highest BCUT2D eigenvalue weighted by atomic mass is 32.1. The zero-order valence-corrected chi connectivity index (χ0v) is 13.5. The first-order valence-electron chi connectivity index (χ1n) is 7.89. The molecule has 5 heteroatoms. The van der Waals surface area contributed by atoms with E-state index in [1.165, 1.54) is 22.7 Å². The van der Waals surface area contributed by atoms with Gasteiger partial charge in [0.2, 0.25) is 0 Å². The Bertz CT molecular complexity index is 677. The first kappa shape index (κ1) is 14.0. The standard InChI is InChI=1S/C17H20N2O2S/c1-11-16(19-17(22-11)13-3-2-6-18-10-13)12-4-5-14-15(9-12)21-8-7-20-14/h4-5,9,13,18H,2-3,6-8,10H2,1H3. The number of piperidine rings is 1. The van der Waals surface area contributed by atoms with Gasteiger partial charge >= 0.3 is 0 Å². The Balaban J connectivity index is 1.66. The van der Waals surface area contributed by atoms with Gasteiger partial charge in [-0.1, -0.05) is 0 Å². The van der Waals surface area contributed by atoms with E-state index >= 15 is 0 Å². The van der Waals surface area contributed by atoms with Crippen molar-refractivity contribution < 1.29 is 9.47 Å². The van der Waals surface area contributed by atoms with E-state index in [1.54, 1.807) is 0 Å². The van der Waals surface area contributed by atoms with E-state index in [1.807, 2.05) is 17.4 Å². The van der Waals surface area contributed by atoms with Gasteiger partial charge in [0.15, 0.2) is 11.5 Å². The number of ether oxygens (including phenoxy) is 2. The molecule has 116 valence electrons. The molecule has 4 rings (SSSR count). The molecule has 0 saturated carbocycles. The van der Waals surface area contributed by atoms with E-state index in [0.717, 1.165) is 35.8 Å². The molecule has 0 aliphatic carbocycles. The summed E-state index contributed by atoms with van der Waals surface area (Å²) in [6.07, 6.45) is 2.48. The number of thiazole rings is 1. The summed E-state index contributed by atoms with van der Waals surface area (Å²) in [4.78, 5) is 6.21. The third kappa shape index (κ3) is 2.59. The first-order chi connectivity index (χ1) is 10.8. The second kappa shape index (κ2) is 5.89. The predicted molar refractivity (Wildman–Crippen MR) is 88.1 cm³/mol. The number of rotatable bonds is 2. The summed E-state index contributed by atoms with van der Waals surface area (Å²) in [6.45, 7) is 5.58. The number of nitrogens with zero attached hydrogens (tertiary/aromatic N) is 1. The van der Waals surface area contributed by atoms with E-state index in [0.29, 0.717) is 19.1 Å². The van der Waals surface area contributed by atoms with Gasteiger partial charge in [0, 0.05) is 22.9 Å². The average Bonchev–Trinajstić information content (AvgIpc) is 2.97. The summed E-state index contributed by atoms with van der Waals surface area (Å²) in [7, 11) is 0. The molecule has 1 unspecified atom stereocenters. The molecule has 0 amide bonds. The summed E-state index contributed by atoms with van der Waals surface area (Å²) < 4.78 is 11.3. The Hall–Kier alpha value is -1.59. The Morgan fingerprint density at radius 1 is 1.23 bits per heavy atom. The summed E-state index contributed by atoms with van der Waals surface area (Å²) in [5.41, 5.74) is 2.20. The number of fused-ring (bicyclic) bond motifs is 1. The molecule has 1 aromatic carbocycles. The van der Waals surface area contributed by atoms with Crippen molar-refractivity contribution in [3.8, 4) is 22.8 Å². The lowest BCUT2D eigenvalue weighted by molar-refractivity contribution is 0.171. The lowest BCUT2D eigenvalue weighted by atomic mass is 10.0. The van der Waals surface area contributed by atoms with Gasteiger partial charge in [-0.2, -0.15) is 0 Å². The number of nitrogens with one attached hydrogen (secondary N) is 1. The molecule has 2 aliphatic rings. The summed E-state index contributed by atoms with van der Waals surface area (Å²) in [5.74, 6) is 2.22. The normalized spacial score (nSPS) is 20.9. The maximum atomic E-state index is 5.69. The van der Waals surface area contributed by atoms with E-state index in [2.05, 4.69) is 24.4 Å². The predicted octanol–water partition coefficient (Wildman–Crippen LogP) is 3.36. The van der Waals surface area contributed by atoms with Crippen molar-refractivity contribution in [2.75, 3.05) is 26.3 Å². The van der Waals surface area contributed by atoms with Crippen molar-refractivity contribution in [3.05, 3.63) is 28.1 Å². The van der Waals surface area contributed by atoms with Crippen molar-refractivity contribution in [3.63, 3.8) is 0 Å². The number of hydrogen-bond donors (Lipinski definition) is 1. The fraction of sp³-hybridized carbons (Fsp3) is 0.471. The molecule has 3 heterocycles. The van der Waals surface area contributed by atoms with Crippen molar-refractivity contribution >= 4 is 11.3 Å². The molecule has 0 radical (unpaired) electrons. The quantitative estimate of drug-likeness (QED) is 0.922. The van der Waals surface area contributed by atoms with E-state index in [-0.39, 0.29) is 0 Å². The molecule has 1 fully saturated rings. The second-order valence-corrected chi connectivity index (χ2v) is 7.09. The highest BCUT2D eigenvalue weighted by Gasteiger charge is 2.21. The van der Waals surface area contributed by atoms with Gasteiger partial charge in [0.25, 0.3) is 0 Å². The number of aryl methyl sites for hydroxylation is 1. The average molecular weight is 316 g/mol. The van der Waals surface area contributed by atoms with Crippen LogP contribution in [0.5, 0.6) is 11.5 Å². The molecule has 4 nitrogen and oxygen atoms in total. The van der Waals surface area contributed by atoms with Gasteiger partial charge in [-0.3, -0.25) is 0 Å².